The van der Waals surface area contributed by atoms with Gasteiger partial charge in [-0.05, 0) is 17.7 Å². The van der Waals surface area contributed by atoms with Crippen LogP contribution in [0.15, 0.2) is 54.6 Å². The van der Waals surface area contributed by atoms with Crippen LogP contribution in [0, 0.1) is 0 Å². The first kappa shape index (κ1) is 16.4. The second-order valence-electron chi connectivity index (χ2n) is 5.14. The Hall–Kier alpha value is -1.42. The molecule has 1 aliphatic rings. The van der Waals surface area contributed by atoms with E-state index in [9.17, 15) is 4.79 Å². The molecule has 1 atom stereocenters. The molecule has 23 heavy (non-hydrogen) atoms. The van der Waals surface area contributed by atoms with Crippen LogP contribution >= 0.6 is 35.0 Å². The van der Waals surface area contributed by atoms with E-state index in [4.69, 9.17) is 23.2 Å². The number of halogens is 2. The monoisotopic (exact) mass is 363 g/mol. The van der Waals surface area contributed by atoms with Gasteiger partial charge in [0.05, 0.1) is 10.0 Å². The Morgan fingerprint density at radius 3 is 2.70 bits per heavy atom. The molecule has 0 aromatic heterocycles. The minimum Gasteiger partial charge on any atom is -0.322 e. The molecule has 0 N–H and O–H groups in total. The summed E-state index contributed by atoms with van der Waals surface area (Å²) in [6.07, 6.45) is 3.45. The molecule has 1 saturated heterocycles. The molecule has 0 saturated carbocycles. The average molecular weight is 364 g/mol. The Bertz CT molecular complexity index is 733. The van der Waals surface area contributed by atoms with Crippen LogP contribution in [0.25, 0.3) is 6.08 Å². The van der Waals surface area contributed by atoms with Crippen LogP contribution in [0.5, 0.6) is 0 Å². The second kappa shape index (κ2) is 7.43. The molecule has 2 aromatic carbocycles. The van der Waals surface area contributed by atoms with Crippen molar-refractivity contribution in [2.75, 3.05) is 12.3 Å². The molecule has 0 radical (unpaired) electrons. The molecule has 2 nitrogen and oxygen atoms in total. The Morgan fingerprint density at radius 1 is 1.13 bits per heavy atom. The maximum Gasteiger partial charge on any atom is 0.247 e. The summed E-state index contributed by atoms with van der Waals surface area (Å²) in [4.78, 5) is 14.4. The smallest absolute Gasteiger partial charge is 0.247 e. The van der Waals surface area contributed by atoms with Gasteiger partial charge in [-0.1, -0.05) is 65.7 Å². The van der Waals surface area contributed by atoms with Crippen molar-refractivity contribution >= 4 is 46.9 Å². The van der Waals surface area contributed by atoms with E-state index in [-0.39, 0.29) is 11.3 Å². The third-order valence-electron chi connectivity index (χ3n) is 3.64. The summed E-state index contributed by atoms with van der Waals surface area (Å²) < 4.78 is 0. The minimum absolute atomic E-state index is 0.0140. The molecule has 1 amide bonds. The summed E-state index contributed by atoms with van der Waals surface area (Å²) in [5, 5.41) is 0.955. The van der Waals surface area contributed by atoms with Gasteiger partial charge in [0.25, 0.3) is 0 Å². The largest absolute Gasteiger partial charge is 0.322 e. The van der Waals surface area contributed by atoms with Crippen molar-refractivity contribution in [3.63, 3.8) is 0 Å². The number of hydrogen-bond acceptors (Lipinski definition) is 2. The van der Waals surface area contributed by atoms with Gasteiger partial charge in [0.15, 0.2) is 0 Å². The first-order chi connectivity index (χ1) is 11.2. The maximum absolute atomic E-state index is 12.5. The fraction of sp³-hybridized carbons (Fsp3) is 0.167. The van der Waals surface area contributed by atoms with E-state index in [1.165, 1.54) is 0 Å². The van der Waals surface area contributed by atoms with E-state index >= 15 is 0 Å². The second-order valence-corrected chi connectivity index (χ2v) is 7.12. The van der Waals surface area contributed by atoms with Crippen LogP contribution in [0.4, 0.5) is 0 Å². The molecule has 1 aliphatic heterocycles. The molecular formula is C18H15Cl2NOS. The number of nitrogens with zero attached hydrogens (tertiary/aromatic N) is 1. The molecule has 0 unspecified atom stereocenters. The summed E-state index contributed by atoms with van der Waals surface area (Å²) in [5.74, 6) is 0.873. The predicted molar refractivity (Wildman–Crippen MR) is 98.9 cm³/mol. The first-order valence-corrected chi connectivity index (χ1v) is 9.06. The van der Waals surface area contributed by atoms with Gasteiger partial charge in [-0.3, -0.25) is 4.79 Å². The van der Waals surface area contributed by atoms with Crippen LogP contribution in [-0.4, -0.2) is 23.1 Å². The van der Waals surface area contributed by atoms with E-state index in [2.05, 4.69) is 0 Å². The van der Waals surface area contributed by atoms with Crippen molar-refractivity contribution in [3.05, 3.63) is 75.8 Å². The third kappa shape index (κ3) is 3.74. The van der Waals surface area contributed by atoms with Crippen LogP contribution < -0.4 is 0 Å². The fourth-order valence-electron chi connectivity index (χ4n) is 2.49. The molecule has 118 valence electrons. The number of hydrogen-bond donors (Lipinski definition) is 0. The number of rotatable bonds is 3. The van der Waals surface area contributed by atoms with Crippen LogP contribution in [0.1, 0.15) is 16.5 Å². The van der Waals surface area contributed by atoms with Gasteiger partial charge >= 0.3 is 0 Å². The average Bonchev–Trinajstić information content (AvgIpc) is 3.05. The van der Waals surface area contributed by atoms with Gasteiger partial charge < -0.3 is 4.90 Å². The number of thioether (sulfide) groups is 1. The molecule has 2 aromatic rings. The molecule has 1 fully saturated rings. The lowest BCUT2D eigenvalue weighted by molar-refractivity contribution is -0.126. The van der Waals surface area contributed by atoms with Crippen molar-refractivity contribution < 1.29 is 4.79 Å². The lowest BCUT2D eigenvalue weighted by atomic mass is 10.2. The molecule has 5 heteroatoms. The first-order valence-electron chi connectivity index (χ1n) is 7.26. The van der Waals surface area contributed by atoms with E-state index in [0.29, 0.717) is 16.6 Å². The zero-order valence-corrected chi connectivity index (χ0v) is 14.6. The van der Waals surface area contributed by atoms with Crippen LogP contribution in [-0.2, 0) is 4.79 Å². The highest BCUT2D eigenvalue weighted by Crippen LogP contribution is 2.42. The van der Waals surface area contributed by atoms with Crippen molar-refractivity contribution in [1.29, 1.82) is 0 Å². The third-order valence-corrected chi connectivity index (χ3v) is 5.72. The van der Waals surface area contributed by atoms with Gasteiger partial charge in [0.1, 0.15) is 5.37 Å². The Labute approximate surface area is 150 Å². The van der Waals surface area contributed by atoms with Crippen molar-refractivity contribution in [3.8, 4) is 0 Å². The zero-order valence-electron chi connectivity index (χ0n) is 12.3. The number of carbonyl (C=O) groups is 1. The normalized spacial score (nSPS) is 17.8. The van der Waals surface area contributed by atoms with Gasteiger partial charge in [0.2, 0.25) is 5.91 Å². The summed E-state index contributed by atoms with van der Waals surface area (Å²) in [5.41, 5.74) is 1.90. The van der Waals surface area contributed by atoms with Gasteiger partial charge in [0, 0.05) is 23.9 Å². The topological polar surface area (TPSA) is 20.3 Å². The van der Waals surface area contributed by atoms with E-state index in [1.807, 2.05) is 53.4 Å². The number of benzene rings is 2. The molecule has 1 heterocycles. The molecule has 0 spiro atoms. The standard InChI is InChI=1S/C18H15Cl2NOS/c19-15-8-4-7-14(17(15)20)18-21(11-12-23-18)16(22)10-9-13-5-2-1-3-6-13/h1-10,18H,11-12H2/b10-9+/t18-/m0/s1. The van der Waals surface area contributed by atoms with Crippen LogP contribution in [0.3, 0.4) is 0 Å². The molecule has 3 rings (SSSR count). The minimum atomic E-state index is -0.0888. The predicted octanol–water partition coefficient (Wildman–Crippen LogP) is 5.28. The van der Waals surface area contributed by atoms with E-state index in [0.717, 1.165) is 16.9 Å². The maximum atomic E-state index is 12.5. The number of amides is 1. The summed E-state index contributed by atoms with van der Waals surface area (Å²) in [7, 11) is 0. The summed E-state index contributed by atoms with van der Waals surface area (Å²) >= 11 is 14.1. The summed E-state index contributed by atoms with van der Waals surface area (Å²) in [6, 6.07) is 15.3. The Balaban J connectivity index is 1.80. The molecule has 0 bridgehead atoms. The Kier molecular flexibility index (Phi) is 5.31. The highest BCUT2D eigenvalue weighted by Gasteiger charge is 2.31. The quantitative estimate of drug-likeness (QED) is 0.691. The van der Waals surface area contributed by atoms with Crippen molar-refractivity contribution in [1.82, 2.24) is 4.90 Å². The number of carbonyl (C=O) groups excluding carboxylic acids is 1. The van der Waals surface area contributed by atoms with Gasteiger partial charge in [-0.15, -0.1) is 11.8 Å². The lowest BCUT2D eigenvalue weighted by Gasteiger charge is -2.24. The lowest BCUT2D eigenvalue weighted by Crippen LogP contribution is -2.28. The van der Waals surface area contributed by atoms with Crippen LogP contribution in [0.2, 0.25) is 10.0 Å². The Morgan fingerprint density at radius 2 is 1.91 bits per heavy atom. The molecular weight excluding hydrogens is 349 g/mol. The summed E-state index contributed by atoms with van der Waals surface area (Å²) in [6.45, 7) is 0.705. The zero-order chi connectivity index (χ0) is 16.2. The highest BCUT2D eigenvalue weighted by atomic mass is 35.5. The molecule has 0 aliphatic carbocycles. The SMILES string of the molecule is O=C(/C=C/c1ccccc1)N1CCS[C@H]1c1cccc(Cl)c1Cl. The van der Waals surface area contributed by atoms with E-state index in [1.54, 1.807) is 23.9 Å². The van der Waals surface area contributed by atoms with Gasteiger partial charge in [-0.25, -0.2) is 0 Å². The fourth-order valence-corrected chi connectivity index (χ4v) is 4.26. The van der Waals surface area contributed by atoms with Gasteiger partial charge in [-0.2, -0.15) is 0 Å². The van der Waals surface area contributed by atoms with E-state index < -0.39 is 0 Å². The van der Waals surface area contributed by atoms with Crippen molar-refractivity contribution in [2.45, 2.75) is 5.37 Å². The van der Waals surface area contributed by atoms with Crippen molar-refractivity contribution in [2.24, 2.45) is 0 Å². The highest BCUT2D eigenvalue weighted by molar-refractivity contribution is 7.99.